The SMILES string of the molecule is Cc1c(Cl)cccc1Nc1ncnc(NCCN2CCCCC2)c1[N+](=O)[O-]. The third-order valence-electron chi connectivity index (χ3n) is 4.69. The van der Waals surface area contributed by atoms with E-state index < -0.39 is 4.92 Å². The second-order valence-electron chi connectivity index (χ2n) is 6.54. The summed E-state index contributed by atoms with van der Waals surface area (Å²) in [4.78, 5) is 21.7. The average molecular weight is 391 g/mol. The highest BCUT2D eigenvalue weighted by Gasteiger charge is 2.23. The van der Waals surface area contributed by atoms with Crippen molar-refractivity contribution in [2.24, 2.45) is 0 Å². The van der Waals surface area contributed by atoms with Crippen LogP contribution in [0.4, 0.5) is 23.0 Å². The Hall–Kier alpha value is -2.45. The van der Waals surface area contributed by atoms with Crippen LogP contribution in [0.5, 0.6) is 0 Å². The molecule has 27 heavy (non-hydrogen) atoms. The van der Waals surface area contributed by atoms with Gasteiger partial charge in [0.25, 0.3) is 0 Å². The standard InChI is InChI=1S/C18H23ClN6O2/c1-13-14(19)6-5-7-15(13)23-18-16(25(26)27)17(21-12-22-18)20-8-11-24-9-3-2-4-10-24/h5-7,12H,2-4,8-11H2,1H3,(H2,20,21,22,23). The first-order valence-electron chi connectivity index (χ1n) is 9.04. The molecule has 0 radical (unpaired) electrons. The Balaban J connectivity index is 1.75. The normalized spacial score (nSPS) is 14.7. The molecule has 1 aliphatic heterocycles. The molecular weight excluding hydrogens is 368 g/mol. The zero-order valence-corrected chi connectivity index (χ0v) is 16.0. The van der Waals surface area contributed by atoms with Crippen LogP contribution in [0.1, 0.15) is 24.8 Å². The molecule has 2 N–H and O–H groups in total. The molecule has 0 bridgehead atoms. The van der Waals surface area contributed by atoms with E-state index in [0.29, 0.717) is 17.3 Å². The zero-order chi connectivity index (χ0) is 19.2. The number of nitrogens with one attached hydrogen (secondary N) is 2. The van der Waals surface area contributed by atoms with Crippen molar-refractivity contribution >= 4 is 34.6 Å². The van der Waals surface area contributed by atoms with E-state index in [-0.39, 0.29) is 17.3 Å². The summed E-state index contributed by atoms with van der Waals surface area (Å²) in [7, 11) is 0. The summed E-state index contributed by atoms with van der Waals surface area (Å²) in [6.45, 7) is 5.42. The lowest BCUT2D eigenvalue weighted by Crippen LogP contribution is -2.33. The van der Waals surface area contributed by atoms with Crippen LogP contribution in [0.2, 0.25) is 5.02 Å². The lowest BCUT2D eigenvalue weighted by atomic mass is 10.1. The number of aromatic nitrogens is 2. The van der Waals surface area contributed by atoms with Gasteiger partial charge in [-0.3, -0.25) is 10.1 Å². The van der Waals surface area contributed by atoms with Crippen molar-refractivity contribution in [1.82, 2.24) is 14.9 Å². The first kappa shape index (κ1) is 19.3. The van der Waals surface area contributed by atoms with Crippen LogP contribution in [-0.4, -0.2) is 46.0 Å². The van der Waals surface area contributed by atoms with E-state index in [1.807, 2.05) is 6.92 Å². The summed E-state index contributed by atoms with van der Waals surface area (Å²) in [6.07, 6.45) is 5.01. The molecule has 1 aliphatic rings. The van der Waals surface area contributed by atoms with Crippen LogP contribution in [0, 0.1) is 17.0 Å². The van der Waals surface area contributed by atoms with Gasteiger partial charge in [-0.2, -0.15) is 0 Å². The summed E-state index contributed by atoms with van der Waals surface area (Å²) in [5.41, 5.74) is 1.30. The van der Waals surface area contributed by atoms with Gasteiger partial charge in [-0.1, -0.05) is 24.1 Å². The third kappa shape index (κ3) is 4.84. The van der Waals surface area contributed by atoms with Gasteiger partial charge in [-0.25, -0.2) is 9.97 Å². The number of hydrogen-bond donors (Lipinski definition) is 2. The maximum absolute atomic E-state index is 11.7. The van der Waals surface area contributed by atoms with Gasteiger partial charge in [0, 0.05) is 23.8 Å². The number of anilines is 3. The minimum atomic E-state index is -0.467. The summed E-state index contributed by atoms with van der Waals surface area (Å²) in [5, 5.41) is 18.3. The van der Waals surface area contributed by atoms with Gasteiger partial charge in [-0.05, 0) is 50.6 Å². The highest BCUT2D eigenvalue weighted by atomic mass is 35.5. The molecule has 2 aromatic rings. The van der Waals surface area contributed by atoms with Gasteiger partial charge in [0.05, 0.1) is 4.92 Å². The molecule has 0 spiro atoms. The molecule has 1 aromatic carbocycles. The predicted molar refractivity (Wildman–Crippen MR) is 107 cm³/mol. The summed E-state index contributed by atoms with van der Waals surface area (Å²) >= 11 is 6.13. The van der Waals surface area contributed by atoms with E-state index in [4.69, 9.17) is 11.6 Å². The monoisotopic (exact) mass is 390 g/mol. The number of nitro groups is 1. The fraction of sp³-hybridized carbons (Fsp3) is 0.444. The van der Waals surface area contributed by atoms with Crippen molar-refractivity contribution in [3.05, 3.63) is 45.2 Å². The molecule has 1 fully saturated rings. The van der Waals surface area contributed by atoms with E-state index in [1.165, 1.54) is 25.6 Å². The number of hydrogen-bond acceptors (Lipinski definition) is 7. The second kappa shape index (κ2) is 8.96. The van der Waals surface area contributed by atoms with Crippen LogP contribution >= 0.6 is 11.6 Å². The van der Waals surface area contributed by atoms with Crippen LogP contribution in [0.15, 0.2) is 24.5 Å². The lowest BCUT2D eigenvalue weighted by Gasteiger charge is -2.26. The van der Waals surface area contributed by atoms with Crippen molar-refractivity contribution in [2.75, 3.05) is 36.8 Å². The third-order valence-corrected chi connectivity index (χ3v) is 5.10. The number of nitrogens with zero attached hydrogens (tertiary/aromatic N) is 4. The lowest BCUT2D eigenvalue weighted by molar-refractivity contribution is -0.383. The predicted octanol–water partition coefficient (Wildman–Crippen LogP) is 3.99. The van der Waals surface area contributed by atoms with Gasteiger partial charge in [0.1, 0.15) is 6.33 Å². The number of benzene rings is 1. The molecule has 3 rings (SSSR count). The van der Waals surface area contributed by atoms with E-state index in [1.54, 1.807) is 18.2 Å². The smallest absolute Gasteiger partial charge is 0.353 e. The van der Waals surface area contributed by atoms with Crippen molar-refractivity contribution in [2.45, 2.75) is 26.2 Å². The minimum Gasteiger partial charge on any atom is -0.363 e. The number of rotatable bonds is 7. The average Bonchev–Trinajstić information content (AvgIpc) is 2.66. The van der Waals surface area contributed by atoms with Gasteiger partial charge in [0.2, 0.25) is 11.6 Å². The molecule has 144 valence electrons. The van der Waals surface area contributed by atoms with Gasteiger partial charge >= 0.3 is 5.69 Å². The number of likely N-dealkylation sites (tertiary alicyclic amines) is 1. The van der Waals surface area contributed by atoms with E-state index in [0.717, 1.165) is 25.2 Å². The van der Waals surface area contributed by atoms with E-state index >= 15 is 0 Å². The molecule has 8 nitrogen and oxygen atoms in total. The molecule has 0 atom stereocenters. The fourth-order valence-corrected chi connectivity index (χ4v) is 3.33. The molecule has 0 saturated carbocycles. The summed E-state index contributed by atoms with van der Waals surface area (Å²) < 4.78 is 0. The number of halogens is 1. The van der Waals surface area contributed by atoms with Gasteiger partial charge in [-0.15, -0.1) is 0 Å². The largest absolute Gasteiger partial charge is 0.363 e. The van der Waals surface area contributed by atoms with Crippen LogP contribution in [-0.2, 0) is 0 Å². The maximum Gasteiger partial charge on any atom is 0.353 e. The van der Waals surface area contributed by atoms with E-state index in [9.17, 15) is 10.1 Å². The maximum atomic E-state index is 11.7. The minimum absolute atomic E-state index is 0.140. The highest BCUT2D eigenvalue weighted by molar-refractivity contribution is 6.31. The topological polar surface area (TPSA) is 96.2 Å². The van der Waals surface area contributed by atoms with Crippen molar-refractivity contribution < 1.29 is 4.92 Å². The first-order chi connectivity index (χ1) is 13.1. The first-order valence-corrected chi connectivity index (χ1v) is 9.42. The van der Waals surface area contributed by atoms with E-state index in [2.05, 4.69) is 25.5 Å². The molecule has 9 heteroatoms. The van der Waals surface area contributed by atoms with Crippen molar-refractivity contribution in [1.29, 1.82) is 0 Å². The van der Waals surface area contributed by atoms with Crippen LogP contribution < -0.4 is 10.6 Å². The summed E-state index contributed by atoms with van der Waals surface area (Å²) in [6, 6.07) is 5.35. The van der Waals surface area contributed by atoms with Crippen molar-refractivity contribution in [3.8, 4) is 0 Å². The highest BCUT2D eigenvalue weighted by Crippen LogP contribution is 2.33. The Morgan fingerprint density at radius 2 is 1.96 bits per heavy atom. The fourth-order valence-electron chi connectivity index (χ4n) is 3.16. The van der Waals surface area contributed by atoms with Gasteiger partial charge in [0.15, 0.2) is 0 Å². The molecule has 0 aliphatic carbocycles. The van der Waals surface area contributed by atoms with Gasteiger partial charge < -0.3 is 15.5 Å². The molecule has 2 heterocycles. The van der Waals surface area contributed by atoms with Crippen LogP contribution in [0.3, 0.4) is 0 Å². The Labute approximate surface area is 163 Å². The van der Waals surface area contributed by atoms with Crippen molar-refractivity contribution in [3.63, 3.8) is 0 Å². The quantitative estimate of drug-likeness (QED) is 0.545. The molecular formula is C18H23ClN6O2. The molecule has 0 amide bonds. The zero-order valence-electron chi connectivity index (χ0n) is 15.2. The Bertz CT molecular complexity index is 810. The Morgan fingerprint density at radius 3 is 2.70 bits per heavy atom. The Kier molecular flexibility index (Phi) is 6.41. The van der Waals surface area contributed by atoms with Crippen LogP contribution in [0.25, 0.3) is 0 Å². The number of piperidine rings is 1. The summed E-state index contributed by atoms with van der Waals surface area (Å²) in [5.74, 6) is 0.357. The molecule has 1 saturated heterocycles. The Morgan fingerprint density at radius 1 is 1.22 bits per heavy atom. The molecule has 1 aromatic heterocycles. The molecule has 0 unspecified atom stereocenters. The second-order valence-corrected chi connectivity index (χ2v) is 6.95.